The van der Waals surface area contributed by atoms with Gasteiger partial charge in [-0.1, -0.05) is 54.1 Å². The van der Waals surface area contributed by atoms with Crippen LogP contribution in [0.4, 0.5) is 0 Å². The molecule has 0 spiro atoms. The highest BCUT2D eigenvalue weighted by Crippen LogP contribution is 2.25. The van der Waals surface area contributed by atoms with Crippen LogP contribution < -0.4 is 0 Å². The third-order valence-corrected chi connectivity index (χ3v) is 6.98. The number of hydrogen-bond acceptors (Lipinski definition) is 3. The molecule has 5 heteroatoms. The minimum atomic E-state index is -3.36. The molecular weight excluding hydrogens is 346 g/mol. The normalized spacial score (nSPS) is 16.5. The summed E-state index contributed by atoms with van der Waals surface area (Å²) in [4.78, 5) is 12.6. The number of aryl methyl sites for hydroxylation is 2. The lowest BCUT2D eigenvalue weighted by molar-refractivity contribution is 0.0875. The fourth-order valence-electron chi connectivity index (χ4n) is 3.41. The summed E-state index contributed by atoms with van der Waals surface area (Å²) >= 11 is 0. The van der Waals surface area contributed by atoms with Crippen LogP contribution in [0.5, 0.6) is 0 Å². The van der Waals surface area contributed by atoms with Crippen molar-refractivity contribution in [3.05, 3.63) is 70.8 Å². The summed E-state index contributed by atoms with van der Waals surface area (Å²) in [5.41, 5.74) is 3.67. The van der Waals surface area contributed by atoms with E-state index in [0.717, 1.165) is 22.3 Å². The first-order chi connectivity index (χ1) is 12.4. The van der Waals surface area contributed by atoms with Crippen molar-refractivity contribution in [3.8, 4) is 0 Å². The third kappa shape index (κ3) is 4.22. The highest BCUT2D eigenvalue weighted by molar-refractivity contribution is 7.88. The summed E-state index contributed by atoms with van der Waals surface area (Å²) in [5, 5.41) is 0. The number of hydrogen-bond donors (Lipinski definition) is 0. The van der Waals surface area contributed by atoms with E-state index in [4.69, 9.17) is 0 Å². The fraction of sp³-hybridized carbons (Fsp3) is 0.381. The van der Waals surface area contributed by atoms with Crippen LogP contribution in [0.15, 0.2) is 48.5 Å². The zero-order chi connectivity index (χ0) is 18.7. The predicted molar refractivity (Wildman–Crippen MR) is 104 cm³/mol. The number of carbonyl (C=O) groups excluding carboxylic acids is 1. The Labute approximate surface area is 155 Å². The molecule has 3 rings (SSSR count). The zero-order valence-corrected chi connectivity index (χ0v) is 16.1. The summed E-state index contributed by atoms with van der Waals surface area (Å²) in [6, 6.07) is 15.2. The van der Waals surface area contributed by atoms with Gasteiger partial charge in [0.15, 0.2) is 5.78 Å². The fourth-order valence-corrected chi connectivity index (χ4v) is 5.08. The molecule has 0 unspecified atom stereocenters. The third-order valence-electron chi connectivity index (χ3n) is 5.15. The standard InChI is InChI=1S/C21H25NO3S/c1-16-7-9-18(10-8-16)21(23)19-11-13-22(14-12-19)26(24,25)15-20-6-4-3-5-17(20)2/h3-10,19H,11-15H2,1-2H3. The van der Waals surface area contributed by atoms with Gasteiger partial charge in [0.2, 0.25) is 10.0 Å². The van der Waals surface area contributed by atoms with Gasteiger partial charge in [0, 0.05) is 24.6 Å². The lowest BCUT2D eigenvalue weighted by atomic mass is 9.89. The molecule has 4 nitrogen and oxygen atoms in total. The van der Waals surface area contributed by atoms with E-state index in [0.29, 0.717) is 25.9 Å². The van der Waals surface area contributed by atoms with E-state index in [-0.39, 0.29) is 17.5 Å². The SMILES string of the molecule is Cc1ccc(C(=O)C2CCN(S(=O)(=O)Cc3ccccc3C)CC2)cc1. The van der Waals surface area contributed by atoms with Crippen LogP contribution in [-0.4, -0.2) is 31.6 Å². The average Bonchev–Trinajstić information content (AvgIpc) is 2.64. The number of rotatable bonds is 5. The Morgan fingerprint density at radius 3 is 2.23 bits per heavy atom. The van der Waals surface area contributed by atoms with Crippen molar-refractivity contribution in [1.82, 2.24) is 4.31 Å². The van der Waals surface area contributed by atoms with Crippen molar-refractivity contribution >= 4 is 15.8 Å². The molecule has 1 saturated heterocycles. The summed E-state index contributed by atoms with van der Waals surface area (Å²) in [6.07, 6.45) is 1.17. The Balaban J connectivity index is 1.63. The molecule has 0 atom stereocenters. The Morgan fingerprint density at radius 1 is 1.00 bits per heavy atom. The monoisotopic (exact) mass is 371 g/mol. The van der Waals surface area contributed by atoms with Crippen LogP contribution in [0.25, 0.3) is 0 Å². The molecule has 0 amide bonds. The minimum absolute atomic E-state index is 0.0241. The van der Waals surface area contributed by atoms with Gasteiger partial charge in [-0.15, -0.1) is 0 Å². The molecule has 0 radical (unpaired) electrons. The molecule has 0 aromatic heterocycles. The minimum Gasteiger partial charge on any atom is -0.294 e. The molecule has 1 heterocycles. The van der Waals surface area contributed by atoms with E-state index in [1.54, 1.807) is 4.31 Å². The Morgan fingerprint density at radius 2 is 1.62 bits per heavy atom. The number of carbonyl (C=O) groups is 1. The largest absolute Gasteiger partial charge is 0.294 e. The van der Waals surface area contributed by atoms with Gasteiger partial charge >= 0.3 is 0 Å². The summed E-state index contributed by atoms with van der Waals surface area (Å²) in [7, 11) is -3.36. The van der Waals surface area contributed by atoms with Crippen molar-refractivity contribution in [1.29, 1.82) is 0 Å². The first-order valence-electron chi connectivity index (χ1n) is 9.00. The molecule has 1 fully saturated rings. The first-order valence-corrected chi connectivity index (χ1v) is 10.6. The quantitative estimate of drug-likeness (QED) is 0.753. The van der Waals surface area contributed by atoms with Gasteiger partial charge in [-0.05, 0) is 37.8 Å². The molecule has 0 aliphatic carbocycles. The van der Waals surface area contributed by atoms with Gasteiger partial charge in [0.05, 0.1) is 5.75 Å². The molecule has 0 bridgehead atoms. The summed E-state index contributed by atoms with van der Waals surface area (Å²) in [5.74, 6) is 0.0551. The van der Waals surface area contributed by atoms with Gasteiger partial charge in [-0.2, -0.15) is 0 Å². The van der Waals surface area contributed by atoms with E-state index in [1.807, 2.05) is 62.4 Å². The van der Waals surface area contributed by atoms with E-state index >= 15 is 0 Å². The predicted octanol–water partition coefficient (Wildman–Crippen LogP) is 3.73. The maximum atomic E-state index is 12.7. The van der Waals surface area contributed by atoms with Gasteiger partial charge in [0.1, 0.15) is 0 Å². The number of sulfonamides is 1. The maximum absolute atomic E-state index is 12.7. The molecule has 1 aliphatic rings. The molecule has 1 aliphatic heterocycles. The molecular formula is C21H25NO3S. The molecule has 138 valence electrons. The molecule has 2 aromatic carbocycles. The number of benzene rings is 2. The van der Waals surface area contributed by atoms with Gasteiger partial charge in [-0.3, -0.25) is 4.79 Å². The van der Waals surface area contributed by atoms with Crippen LogP contribution in [0.3, 0.4) is 0 Å². The number of piperidine rings is 1. The second kappa shape index (κ2) is 7.72. The topological polar surface area (TPSA) is 54.5 Å². The molecule has 26 heavy (non-hydrogen) atoms. The van der Waals surface area contributed by atoms with E-state index < -0.39 is 10.0 Å². The van der Waals surface area contributed by atoms with Crippen molar-refractivity contribution in [2.24, 2.45) is 5.92 Å². The number of Topliss-reactive ketones (excluding diaryl/α,β-unsaturated/α-hetero) is 1. The van der Waals surface area contributed by atoms with Crippen LogP contribution in [0, 0.1) is 19.8 Å². The number of nitrogens with zero attached hydrogens (tertiary/aromatic N) is 1. The molecule has 2 aromatic rings. The highest BCUT2D eigenvalue weighted by Gasteiger charge is 2.31. The van der Waals surface area contributed by atoms with Crippen LogP contribution in [0.2, 0.25) is 0 Å². The second-order valence-electron chi connectivity index (χ2n) is 7.09. The lowest BCUT2D eigenvalue weighted by Gasteiger charge is -2.30. The average molecular weight is 372 g/mol. The smallest absolute Gasteiger partial charge is 0.218 e. The first kappa shape index (κ1) is 18.8. The van der Waals surface area contributed by atoms with Crippen LogP contribution >= 0.6 is 0 Å². The molecule has 0 N–H and O–H groups in total. The highest BCUT2D eigenvalue weighted by atomic mass is 32.2. The molecule has 0 saturated carbocycles. The van der Waals surface area contributed by atoms with Crippen molar-refractivity contribution in [2.75, 3.05) is 13.1 Å². The lowest BCUT2D eigenvalue weighted by Crippen LogP contribution is -2.40. The van der Waals surface area contributed by atoms with Gasteiger partial charge in [-0.25, -0.2) is 12.7 Å². The second-order valence-corrected chi connectivity index (χ2v) is 9.06. The Hall–Kier alpha value is -1.98. The Bertz CT molecular complexity index is 880. The van der Waals surface area contributed by atoms with Crippen LogP contribution in [-0.2, 0) is 15.8 Å². The van der Waals surface area contributed by atoms with Crippen molar-refractivity contribution < 1.29 is 13.2 Å². The number of ketones is 1. The summed E-state index contributed by atoms with van der Waals surface area (Å²) in [6.45, 7) is 4.75. The van der Waals surface area contributed by atoms with E-state index in [2.05, 4.69) is 0 Å². The summed E-state index contributed by atoms with van der Waals surface area (Å²) < 4.78 is 27.0. The van der Waals surface area contributed by atoms with Crippen molar-refractivity contribution in [3.63, 3.8) is 0 Å². The van der Waals surface area contributed by atoms with Gasteiger partial charge < -0.3 is 0 Å². The van der Waals surface area contributed by atoms with E-state index in [1.165, 1.54) is 0 Å². The van der Waals surface area contributed by atoms with Crippen LogP contribution in [0.1, 0.15) is 39.9 Å². The van der Waals surface area contributed by atoms with Gasteiger partial charge in [0.25, 0.3) is 0 Å². The zero-order valence-electron chi connectivity index (χ0n) is 15.3. The Kier molecular flexibility index (Phi) is 5.58. The van der Waals surface area contributed by atoms with Crippen molar-refractivity contribution in [2.45, 2.75) is 32.4 Å². The maximum Gasteiger partial charge on any atom is 0.218 e. The van der Waals surface area contributed by atoms with E-state index in [9.17, 15) is 13.2 Å².